The fourth-order valence-corrected chi connectivity index (χ4v) is 3.23. The van der Waals surface area contributed by atoms with Crippen LogP contribution in [0.2, 0.25) is 0 Å². The molecule has 0 aliphatic carbocycles. The molecule has 0 amide bonds. The summed E-state index contributed by atoms with van der Waals surface area (Å²) in [6, 6.07) is 4.82. The lowest BCUT2D eigenvalue weighted by Crippen LogP contribution is -2.40. The Balaban J connectivity index is 1.58. The summed E-state index contributed by atoms with van der Waals surface area (Å²) in [6.45, 7) is 0.328. The highest BCUT2D eigenvalue weighted by Gasteiger charge is 2.31. The van der Waals surface area contributed by atoms with E-state index >= 15 is 0 Å². The molecule has 3 aromatic heterocycles. The number of aromatic nitrogens is 5. The topological polar surface area (TPSA) is 110 Å². The van der Waals surface area contributed by atoms with E-state index in [4.69, 9.17) is 4.74 Å². The number of nitrogens with zero attached hydrogens (tertiary/aromatic N) is 4. The number of hydrogen-bond acceptors (Lipinski definition) is 7. The molecule has 0 aromatic carbocycles. The minimum atomic E-state index is -2.93. The van der Waals surface area contributed by atoms with E-state index in [2.05, 4.69) is 30.2 Å². The minimum absolute atomic E-state index is 0.152. The van der Waals surface area contributed by atoms with Gasteiger partial charge in [-0.2, -0.15) is 13.9 Å². The Morgan fingerprint density at radius 2 is 2.11 bits per heavy atom. The monoisotopic (exact) mass is 394 g/mol. The van der Waals surface area contributed by atoms with Crippen LogP contribution in [0.15, 0.2) is 18.2 Å². The van der Waals surface area contributed by atoms with Gasteiger partial charge in [0, 0.05) is 32.1 Å². The van der Waals surface area contributed by atoms with Crippen LogP contribution in [0, 0.1) is 6.92 Å². The van der Waals surface area contributed by atoms with Gasteiger partial charge in [-0.1, -0.05) is 0 Å². The summed E-state index contributed by atoms with van der Waals surface area (Å²) >= 11 is 0. The number of alkyl halides is 2. The number of aliphatic hydroxyl groups is 1. The zero-order chi connectivity index (χ0) is 19.7. The maximum atomic E-state index is 12.3. The summed E-state index contributed by atoms with van der Waals surface area (Å²) in [5, 5.41) is 20.0. The van der Waals surface area contributed by atoms with Gasteiger partial charge in [-0.05, 0) is 19.1 Å². The Bertz CT molecular complexity index is 967. The normalized spacial score (nSPS) is 16.6. The zero-order valence-electron chi connectivity index (χ0n) is 15.2. The second-order valence-corrected chi connectivity index (χ2v) is 6.74. The Morgan fingerprint density at radius 1 is 1.32 bits per heavy atom. The van der Waals surface area contributed by atoms with Gasteiger partial charge < -0.3 is 24.5 Å². The summed E-state index contributed by atoms with van der Waals surface area (Å²) in [4.78, 5) is 9.06. The summed E-state index contributed by atoms with van der Waals surface area (Å²) < 4.78 is 36.0. The fourth-order valence-electron chi connectivity index (χ4n) is 3.23. The number of fused-ring (bicyclic) bond motifs is 1. The van der Waals surface area contributed by atoms with Gasteiger partial charge in [0.25, 0.3) is 0 Å². The lowest BCUT2D eigenvalue weighted by atomic mass is 9.94. The number of aromatic amines is 1. The Hall–Kier alpha value is -2.79. The molecule has 9 nitrogen and oxygen atoms in total. The van der Waals surface area contributed by atoms with Gasteiger partial charge in [0.05, 0.1) is 12.1 Å². The average molecular weight is 394 g/mol. The average Bonchev–Trinajstić information content (AvgIpc) is 3.19. The quantitative estimate of drug-likeness (QED) is 0.589. The molecule has 1 fully saturated rings. The maximum Gasteiger partial charge on any atom is 0.388 e. The molecule has 1 saturated heterocycles. The molecule has 3 aromatic rings. The molecular formula is C17H20F2N6O3. The lowest BCUT2D eigenvalue weighted by molar-refractivity contribution is -0.0725. The van der Waals surface area contributed by atoms with Crippen LogP contribution in [0.25, 0.3) is 11.2 Å². The van der Waals surface area contributed by atoms with Crippen molar-refractivity contribution >= 4 is 22.8 Å². The van der Waals surface area contributed by atoms with Crippen molar-refractivity contribution in [3.8, 4) is 5.88 Å². The van der Waals surface area contributed by atoms with E-state index in [1.165, 1.54) is 6.07 Å². The first-order valence-corrected chi connectivity index (χ1v) is 8.83. The van der Waals surface area contributed by atoms with Gasteiger partial charge >= 0.3 is 6.61 Å². The largest absolute Gasteiger partial charge is 0.417 e. The minimum Gasteiger partial charge on any atom is -0.417 e. The first-order chi connectivity index (χ1) is 13.4. The highest BCUT2D eigenvalue weighted by Crippen LogP contribution is 2.27. The third-order valence-electron chi connectivity index (χ3n) is 4.69. The highest BCUT2D eigenvalue weighted by molar-refractivity contribution is 5.74. The first-order valence-electron chi connectivity index (χ1n) is 8.83. The van der Waals surface area contributed by atoms with E-state index in [0.29, 0.717) is 49.6 Å². The number of pyridine rings is 1. The first kappa shape index (κ1) is 18.6. The lowest BCUT2D eigenvalue weighted by Gasteiger charge is -2.32. The third-order valence-corrected chi connectivity index (χ3v) is 4.69. The van der Waals surface area contributed by atoms with Gasteiger partial charge in [0.2, 0.25) is 5.88 Å². The predicted octanol–water partition coefficient (Wildman–Crippen LogP) is 2.35. The molecule has 150 valence electrons. The van der Waals surface area contributed by atoms with E-state index < -0.39 is 12.2 Å². The van der Waals surface area contributed by atoms with Crippen LogP contribution in [0.4, 0.5) is 20.4 Å². The van der Waals surface area contributed by atoms with Crippen LogP contribution < -0.4 is 10.1 Å². The van der Waals surface area contributed by atoms with Crippen molar-refractivity contribution in [2.75, 3.05) is 18.5 Å². The van der Waals surface area contributed by atoms with Crippen LogP contribution >= 0.6 is 0 Å². The van der Waals surface area contributed by atoms with E-state index in [1.54, 1.807) is 12.1 Å². The summed E-state index contributed by atoms with van der Waals surface area (Å²) in [5.74, 6) is 1.34. The van der Waals surface area contributed by atoms with Crippen molar-refractivity contribution < 1.29 is 23.4 Å². The van der Waals surface area contributed by atoms with Crippen LogP contribution in [-0.2, 0) is 11.3 Å². The van der Waals surface area contributed by atoms with Crippen LogP contribution in [-0.4, -0.2) is 55.3 Å². The van der Waals surface area contributed by atoms with Gasteiger partial charge in [0.15, 0.2) is 11.5 Å². The third kappa shape index (κ3) is 3.90. The smallest absolute Gasteiger partial charge is 0.388 e. The number of rotatable bonds is 6. The number of hydrogen-bond donors (Lipinski definition) is 3. The number of H-pyrrole nitrogens is 1. The van der Waals surface area contributed by atoms with Gasteiger partial charge in [-0.3, -0.25) is 0 Å². The number of halogens is 2. The molecular weight excluding hydrogens is 374 g/mol. The Morgan fingerprint density at radius 3 is 2.86 bits per heavy atom. The maximum absolute atomic E-state index is 12.3. The van der Waals surface area contributed by atoms with E-state index in [1.807, 2.05) is 11.5 Å². The molecule has 0 spiro atoms. The molecule has 0 radical (unpaired) electrons. The second kappa shape index (κ2) is 7.32. The number of anilines is 2. The van der Waals surface area contributed by atoms with Crippen molar-refractivity contribution in [1.29, 1.82) is 0 Å². The fraction of sp³-hybridized carbons (Fsp3) is 0.471. The number of nitrogens with one attached hydrogen (secondary N) is 2. The molecule has 3 N–H and O–H groups in total. The SMILES string of the molecule is Cc1nc2ccc(Nc3cc(OC(F)F)[nH]n3)nc2n1CC1(O)CCOCC1. The number of aryl methyl sites for hydroxylation is 1. The molecule has 1 aliphatic heterocycles. The van der Waals surface area contributed by atoms with Crippen LogP contribution in [0.5, 0.6) is 5.88 Å². The van der Waals surface area contributed by atoms with Crippen molar-refractivity contribution in [2.24, 2.45) is 0 Å². The Kier molecular flexibility index (Phi) is 4.85. The van der Waals surface area contributed by atoms with Gasteiger partial charge in [-0.15, -0.1) is 0 Å². The molecule has 28 heavy (non-hydrogen) atoms. The van der Waals surface area contributed by atoms with Crippen LogP contribution in [0.3, 0.4) is 0 Å². The summed E-state index contributed by atoms with van der Waals surface area (Å²) in [5.41, 5.74) is 0.440. The molecule has 11 heteroatoms. The Labute approximate surface area is 158 Å². The highest BCUT2D eigenvalue weighted by atomic mass is 19.3. The molecule has 4 heterocycles. The molecule has 0 atom stereocenters. The van der Waals surface area contributed by atoms with E-state index in [0.717, 1.165) is 5.82 Å². The second-order valence-electron chi connectivity index (χ2n) is 6.74. The van der Waals surface area contributed by atoms with Crippen molar-refractivity contribution in [3.05, 3.63) is 24.0 Å². The molecule has 0 unspecified atom stereocenters. The molecule has 0 saturated carbocycles. The van der Waals surface area contributed by atoms with Crippen molar-refractivity contribution in [1.82, 2.24) is 24.7 Å². The summed E-state index contributed by atoms with van der Waals surface area (Å²) in [6.07, 6.45) is 1.09. The zero-order valence-corrected chi connectivity index (χ0v) is 15.2. The molecule has 4 rings (SSSR count). The van der Waals surface area contributed by atoms with Crippen molar-refractivity contribution in [2.45, 2.75) is 38.5 Å². The van der Waals surface area contributed by atoms with E-state index in [-0.39, 0.29) is 11.7 Å². The predicted molar refractivity (Wildman–Crippen MR) is 95.8 cm³/mol. The van der Waals surface area contributed by atoms with E-state index in [9.17, 15) is 13.9 Å². The summed E-state index contributed by atoms with van der Waals surface area (Å²) in [7, 11) is 0. The number of imidazole rings is 1. The molecule has 0 bridgehead atoms. The van der Waals surface area contributed by atoms with Gasteiger partial charge in [-0.25, -0.2) is 15.1 Å². The standard InChI is InChI=1S/C17H20F2N6O3/c1-10-20-11-2-3-12(21-13-8-14(24-23-13)28-16(18)19)22-15(11)25(10)9-17(26)4-6-27-7-5-17/h2-3,8,16,26H,4-7,9H2,1H3,(H2,21,22,23,24). The van der Waals surface area contributed by atoms with Crippen LogP contribution in [0.1, 0.15) is 18.7 Å². The number of ether oxygens (including phenoxy) is 2. The van der Waals surface area contributed by atoms with Gasteiger partial charge in [0.1, 0.15) is 17.2 Å². The van der Waals surface area contributed by atoms with Crippen molar-refractivity contribution in [3.63, 3.8) is 0 Å². The molecule has 1 aliphatic rings.